The van der Waals surface area contributed by atoms with Gasteiger partial charge in [-0.25, -0.2) is 0 Å². The number of hydrogen-bond acceptors (Lipinski definition) is 1. The average molecular weight is 233 g/mol. The summed E-state index contributed by atoms with van der Waals surface area (Å²) in [6, 6.07) is 9.09. The summed E-state index contributed by atoms with van der Waals surface area (Å²) in [5, 5.41) is 0. The molecule has 1 aromatic carbocycles. The number of rotatable bonds is 6. The molecular weight excluding hydrogens is 206 g/mol. The molecule has 0 saturated carbocycles. The van der Waals surface area contributed by atoms with Gasteiger partial charge >= 0.3 is 0 Å². The summed E-state index contributed by atoms with van der Waals surface area (Å²) in [6.45, 7) is 9.73. The molecule has 0 aliphatic carbocycles. The number of benzene rings is 1. The van der Waals surface area contributed by atoms with Gasteiger partial charge in [0.05, 0.1) is 0 Å². The maximum Gasteiger partial charge on any atom is 0.00703 e. The molecule has 17 heavy (non-hydrogen) atoms. The van der Waals surface area contributed by atoms with Crippen molar-refractivity contribution in [2.45, 2.75) is 52.4 Å². The topological polar surface area (TPSA) is 26.0 Å². The van der Waals surface area contributed by atoms with Crippen LogP contribution in [0.25, 0.3) is 0 Å². The van der Waals surface area contributed by atoms with Gasteiger partial charge in [0.1, 0.15) is 0 Å². The van der Waals surface area contributed by atoms with Crippen molar-refractivity contribution >= 4 is 0 Å². The first-order valence-electron chi connectivity index (χ1n) is 6.87. The highest BCUT2D eigenvalue weighted by Crippen LogP contribution is 2.30. The summed E-state index contributed by atoms with van der Waals surface area (Å²) in [4.78, 5) is 0. The van der Waals surface area contributed by atoms with E-state index in [0.717, 1.165) is 31.7 Å². The molecule has 0 heterocycles. The van der Waals surface area contributed by atoms with Crippen LogP contribution in [0.5, 0.6) is 0 Å². The highest BCUT2D eigenvalue weighted by molar-refractivity contribution is 5.29. The summed E-state index contributed by atoms with van der Waals surface area (Å²) >= 11 is 0. The Kier molecular flexibility index (Phi) is 5.20. The van der Waals surface area contributed by atoms with Crippen molar-refractivity contribution in [1.82, 2.24) is 0 Å². The van der Waals surface area contributed by atoms with Crippen molar-refractivity contribution in [2.24, 2.45) is 11.7 Å². The van der Waals surface area contributed by atoms with Gasteiger partial charge in [-0.3, -0.25) is 0 Å². The molecule has 0 radical (unpaired) electrons. The lowest BCUT2D eigenvalue weighted by molar-refractivity contribution is 0.406. The van der Waals surface area contributed by atoms with Crippen LogP contribution < -0.4 is 5.73 Å². The van der Waals surface area contributed by atoms with E-state index in [-0.39, 0.29) is 5.41 Å². The Morgan fingerprint density at radius 1 is 1.06 bits per heavy atom. The van der Waals surface area contributed by atoms with Crippen LogP contribution >= 0.6 is 0 Å². The highest BCUT2D eigenvalue weighted by atomic mass is 14.6. The summed E-state index contributed by atoms with van der Waals surface area (Å²) in [5.41, 5.74) is 8.99. The molecule has 1 nitrogen and oxygen atoms in total. The lowest BCUT2D eigenvalue weighted by Gasteiger charge is -2.31. The molecule has 0 aliphatic rings. The van der Waals surface area contributed by atoms with Gasteiger partial charge in [0, 0.05) is 12.0 Å². The molecule has 96 valence electrons. The fourth-order valence-corrected chi connectivity index (χ4v) is 2.53. The van der Waals surface area contributed by atoms with Crippen molar-refractivity contribution in [3.05, 3.63) is 35.4 Å². The van der Waals surface area contributed by atoms with Crippen LogP contribution in [0.2, 0.25) is 0 Å². The Hall–Kier alpha value is -0.820. The van der Waals surface area contributed by atoms with Crippen LogP contribution in [0.3, 0.4) is 0 Å². The summed E-state index contributed by atoms with van der Waals surface area (Å²) < 4.78 is 0. The summed E-state index contributed by atoms with van der Waals surface area (Å²) in [7, 11) is 0. The van der Waals surface area contributed by atoms with Crippen LogP contribution in [0.4, 0.5) is 0 Å². The maximum atomic E-state index is 5.98. The fraction of sp³-hybridized carbons (Fsp3) is 0.625. The molecular formula is C16H27N. The van der Waals surface area contributed by atoms with Gasteiger partial charge in [0.25, 0.3) is 0 Å². The fourth-order valence-electron chi connectivity index (χ4n) is 2.53. The normalized spacial score (nSPS) is 12.1. The molecule has 0 aromatic heterocycles. The van der Waals surface area contributed by atoms with E-state index in [0.29, 0.717) is 0 Å². The molecule has 0 amide bonds. The lowest BCUT2D eigenvalue weighted by atomic mass is 9.75. The molecule has 1 heteroatoms. The van der Waals surface area contributed by atoms with E-state index in [1.165, 1.54) is 11.1 Å². The molecule has 0 spiro atoms. The van der Waals surface area contributed by atoms with E-state index in [4.69, 9.17) is 5.73 Å². The van der Waals surface area contributed by atoms with E-state index < -0.39 is 0 Å². The number of hydrogen-bond donors (Lipinski definition) is 1. The predicted molar refractivity (Wildman–Crippen MR) is 76.3 cm³/mol. The zero-order chi connectivity index (χ0) is 12.9. The minimum absolute atomic E-state index is 0.177. The van der Waals surface area contributed by atoms with Crippen LogP contribution in [0, 0.1) is 5.92 Å². The standard InChI is InChI=1S/C16H27N/c1-5-16(6-2,12-17)15-9-7-14(8-10-15)11-13(3)4/h7-10,13H,5-6,11-12,17H2,1-4H3. The third-order valence-electron chi connectivity index (χ3n) is 3.95. The maximum absolute atomic E-state index is 5.98. The van der Waals surface area contributed by atoms with Crippen molar-refractivity contribution < 1.29 is 0 Å². The second kappa shape index (κ2) is 6.20. The van der Waals surface area contributed by atoms with Gasteiger partial charge in [-0.15, -0.1) is 0 Å². The summed E-state index contributed by atoms with van der Waals surface area (Å²) in [5.74, 6) is 0.720. The first-order valence-corrected chi connectivity index (χ1v) is 6.87. The van der Waals surface area contributed by atoms with Crippen LogP contribution in [-0.4, -0.2) is 6.54 Å². The smallest absolute Gasteiger partial charge is 0.00703 e. The largest absolute Gasteiger partial charge is 0.330 e. The zero-order valence-electron chi connectivity index (χ0n) is 11.8. The second-order valence-electron chi connectivity index (χ2n) is 5.49. The van der Waals surface area contributed by atoms with Crippen LogP contribution in [0.1, 0.15) is 51.7 Å². The SMILES string of the molecule is CCC(CC)(CN)c1ccc(CC(C)C)cc1. The monoisotopic (exact) mass is 233 g/mol. The molecule has 1 rings (SSSR count). The first kappa shape index (κ1) is 14.2. The Morgan fingerprint density at radius 3 is 1.94 bits per heavy atom. The molecule has 0 aliphatic heterocycles. The third kappa shape index (κ3) is 3.32. The van der Waals surface area contributed by atoms with Crippen molar-refractivity contribution in [2.75, 3.05) is 6.54 Å². The minimum atomic E-state index is 0.177. The Bertz CT molecular complexity index is 312. The molecule has 2 N–H and O–H groups in total. The molecule has 0 saturated heterocycles. The van der Waals surface area contributed by atoms with E-state index in [2.05, 4.69) is 52.0 Å². The Labute approximate surface area is 106 Å². The van der Waals surface area contributed by atoms with E-state index >= 15 is 0 Å². The summed E-state index contributed by atoms with van der Waals surface area (Å²) in [6.07, 6.45) is 3.39. The quantitative estimate of drug-likeness (QED) is 0.792. The lowest BCUT2D eigenvalue weighted by Crippen LogP contribution is -2.33. The van der Waals surface area contributed by atoms with Crippen molar-refractivity contribution in [1.29, 1.82) is 0 Å². The number of nitrogens with two attached hydrogens (primary N) is 1. The zero-order valence-corrected chi connectivity index (χ0v) is 11.8. The second-order valence-corrected chi connectivity index (χ2v) is 5.49. The van der Waals surface area contributed by atoms with E-state index in [1.54, 1.807) is 0 Å². The van der Waals surface area contributed by atoms with Crippen LogP contribution in [-0.2, 0) is 11.8 Å². The van der Waals surface area contributed by atoms with Crippen LogP contribution in [0.15, 0.2) is 24.3 Å². The molecule has 0 atom stereocenters. The predicted octanol–water partition coefficient (Wildman–Crippen LogP) is 3.90. The first-order chi connectivity index (χ1) is 8.07. The molecule has 1 aromatic rings. The van der Waals surface area contributed by atoms with Gasteiger partial charge in [-0.05, 0) is 36.3 Å². The molecule has 0 unspecified atom stereocenters. The Balaban J connectivity index is 2.92. The molecule has 0 bridgehead atoms. The van der Waals surface area contributed by atoms with Gasteiger partial charge in [0.15, 0.2) is 0 Å². The van der Waals surface area contributed by atoms with E-state index in [1.807, 2.05) is 0 Å². The van der Waals surface area contributed by atoms with Gasteiger partial charge in [-0.2, -0.15) is 0 Å². The van der Waals surface area contributed by atoms with Crippen molar-refractivity contribution in [3.8, 4) is 0 Å². The van der Waals surface area contributed by atoms with Gasteiger partial charge in [-0.1, -0.05) is 52.0 Å². The highest BCUT2D eigenvalue weighted by Gasteiger charge is 2.26. The molecule has 0 fully saturated rings. The van der Waals surface area contributed by atoms with E-state index in [9.17, 15) is 0 Å². The minimum Gasteiger partial charge on any atom is -0.330 e. The van der Waals surface area contributed by atoms with Gasteiger partial charge < -0.3 is 5.73 Å². The van der Waals surface area contributed by atoms with Crippen molar-refractivity contribution in [3.63, 3.8) is 0 Å². The van der Waals surface area contributed by atoms with Gasteiger partial charge in [0.2, 0.25) is 0 Å². The Morgan fingerprint density at radius 2 is 1.59 bits per heavy atom. The average Bonchev–Trinajstić information content (AvgIpc) is 2.33. The third-order valence-corrected chi connectivity index (χ3v) is 3.95.